The van der Waals surface area contributed by atoms with Crippen LogP contribution in [0.2, 0.25) is 0 Å². The van der Waals surface area contributed by atoms with Crippen molar-refractivity contribution in [1.82, 2.24) is 4.90 Å². The van der Waals surface area contributed by atoms with Gasteiger partial charge in [0.2, 0.25) is 0 Å². The second kappa shape index (κ2) is 9.06. The fourth-order valence-corrected chi connectivity index (χ4v) is 2.05. The first kappa shape index (κ1) is 15.1. The van der Waals surface area contributed by atoms with Crippen LogP contribution < -0.4 is 5.73 Å². The molecule has 0 spiro atoms. The molecule has 0 aromatic heterocycles. The van der Waals surface area contributed by atoms with Crippen molar-refractivity contribution >= 4 is 0 Å². The predicted octanol–water partition coefficient (Wildman–Crippen LogP) is 3.17. The van der Waals surface area contributed by atoms with E-state index in [-0.39, 0.29) is 5.82 Å². The van der Waals surface area contributed by atoms with Gasteiger partial charge >= 0.3 is 0 Å². The number of unbranched alkanes of at least 4 members (excludes halogenated alkanes) is 4. The third-order valence-corrected chi connectivity index (χ3v) is 3.14. The van der Waals surface area contributed by atoms with Crippen molar-refractivity contribution in [3.05, 3.63) is 35.6 Å². The smallest absolute Gasteiger partial charge is 0.127 e. The van der Waals surface area contributed by atoms with E-state index in [0.717, 1.165) is 25.1 Å². The Hall–Kier alpha value is -0.930. The van der Waals surface area contributed by atoms with Gasteiger partial charge in [-0.05, 0) is 39.0 Å². The summed E-state index contributed by atoms with van der Waals surface area (Å²) in [4.78, 5) is 2.18. The summed E-state index contributed by atoms with van der Waals surface area (Å²) in [6, 6.07) is 7.00. The lowest BCUT2D eigenvalue weighted by molar-refractivity contribution is 0.311. The van der Waals surface area contributed by atoms with E-state index in [1.165, 1.54) is 31.7 Å². The zero-order chi connectivity index (χ0) is 13.2. The van der Waals surface area contributed by atoms with Crippen LogP contribution in [0.5, 0.6) is 0 Å². The van der Waals surface area contributed by atoms with E-state index in [1.54, 1.807) is 6.07 Å². The summed E-state index contributed by atoms with van der Waals surface area (Å²) < 4.78 is 13.4. The van der Waals surface area contributed by atoms with Gasteiger partial charge < -0.3 is 10.6 Å². The topological polar surface area (TPSA) is 29.3 Å². The number of hydrogen-bond acceptors (Lipinski definition) is 2. The highest BCUT2D eigenvalue weighted by molar-refractivity contribution is 5.16. The predicted molar refractivity (Wildman–Crippen MR) is 74.9 cm³/mol. The molecule has 0 saturated heterocycles. The number of nitrogens with two attached hydrogens (primary N) is 1. The Bertz CT molecular complexity index is 328. The van der Waals surface area contributed by atoms with E-state index in [9.17, 15) is 4.39 Å². The Morgan fingerprint density at radius 1 is 1.06 bits per heavy atom. The maximum absolute atomic E-state index is 13.4. The molecular formula is C15H25FN2. The summed E-state index contributed by atoms with van der Waals surface area (Å²) >= 11 is 0. The number of benzene rings is 1. The summed E-state index contributed by atoms with van der Waals surface area (Å²) in [5, 5.41) is 0. The molecule has 0 aliphatic heterocycles. The van der Waals surface area contributed by atoms with Crippen molar-refractivity contribution in [1.29, 1.82) is 0 Å². The first-order valence-electron chi connectivity index (χ1n) is 6.86. The van der Waals surface area contributed by atoms with Gasteiger partial charge in [-0.3, -0.25) is 0 Å². The van der Waals surface area contributed by atoms with Gasteiger partial charge in [-0.25, -0.2) is 4.39 Å². The Labute approximate surface area is 110 Å². The molecule has 0 fully saturated rings. The quantitative estimate of drug-likeness (QED) is 0.684. The van der Waals surface area contributed by atoms with E-state index >= 15 is 0 Å². The SMILES string of the molecule is CN(CCCCCCCN)Cc1ccccc1F. The molecule has 3 heteroatoms. The molecule has 0 atom stereocenters. The van der Waals surface area contributed by atoms with Crippen LogP contribution in [-0.4, -0.2) is 25.0 Å². The molecule has 0 bridgehead atoms. The Morgan fingerprint density at radius 3 is 2.44 bits per heavy atom. The van der Waals surface area contributed by atoms with Crippen LogP contribution in [-0.2, 0) is 6.54 Å². The maximum Gasteiger partial charge on any atom is 0.127 e. The highest BCUT2D eigenvalue weighted by atomic mass is 19.1. The van der Waals surface area contributed by atoms with Gasteiger partial charge in [0.05, 0.1) is 0 Å². The standard InChI is InChI=1S/C15H25FN2/c1-18(12-8-4-2-3-7-11-17)13-14-9-5-6-10-15(14)16/h5-6,9-10H,2-4,7-8,11-13,17H2,1H3. The molecule has 102 valence electrons. The molecule has 18 heavy (non-hydrogen) atoms. The molecule has 0 aliphatic rings. The highest BCUT2D eigenvalue weighted by Gasteiger charge is 2.04. The van der Waals surface area contributed by atoms with Gasteiger partial charge in [-0.15, -0.1) is 0 Å². The highest BCUT2D eigenvalue weighted by Crippen LogP contribution is 2.10. The van der Waals surface area contributed by atoms with Crippen molar-refractivity contribution in [2.24, 2.45) is 5.73 Å². The second-order valence-corrected chi connectivity index (χ2v) is 4.89. The van der Waals surface area contributed by atoms with Crippen LogP contribution in [0.1, 0.15) is 37.7 Å². The van der Waals surface area contributed by atoms with E-state index < -0.39 is 0 Å². The molecule has 0 amide bonds. The first-order chi connectivity index (χ1) is 8.74. The molecule has 0 heterocycles. The summed E-state index contributed by atoms with van der Waals surface area (Å²) in [6.45, 7) is 2.51. The van der Waals surface area contributed by atoms with Gasteiger partial charge in [0, 0.05) is 12.1 Å². The summed E-state index contributed by atoms with van der Waals surface area (Å²) in [5.74, 6) is -0.104. The zero-order valence-corrected chi connectivity index (χ0v) is 11.4. The van der Waals surface area contributed by atoms with Crippen molar-refractivity contribution in [2.75, 3.05) is 20.1 Å². The molecule has 2 nitrogen and oxygen atoms in total. The minimum atomic E-state index is -0.104. The average molecular weight is 252 g/mol. The Kier molecular flexibility index (Phi) is 7.62. The van der Waals surface area contributed by atoms with E-state index in [1.807, 2.05) is 19.2 Å². The summed E-state index contributed by atoms with van der Waals surface area (Å²) in [5.41, 5.74) is 6.23. The monoisotopic (exact) mass is 252 g/mol. The second-order valence-electron chi connectivity index (χ2n) is 4.89. The van der Waals surface area contributed by atoms with E-state index in [4.69, 9.17) is 5.73 Å². The molecule has 0 aliphatic carbocycles. The van der Waals surface area contributed by atoms with Crippen LogP contribution in [0.25, 0.3) is 0 Å². The average Bonchev–Trinajstić information content (AvgIpc) is 2.36. The fraction of sp³-hybridized carbons (Fsp3) is 0.600. The zero-order valence-electron chi connectivity index (χ0n) is 11.4. The Morgan fingerprint density at radius 2 is 1.72 bits per heavy atom. The maximum atomic E-state index is 13.4. The van der Waals surface area contributed by atoms with Crippen molar-refractivity contribution in [3.8, 4) is 0 Å². The Balaban J connectivity index is 2.14. The third-order valence-electron chi connectivity index (χ3n) is 3.14. The van der Waals surface area contributed by atoms with Crippen LogP contribution in [0.4, 0.5) is 4.39 Å². The summed E-state index contributed by atoms with van der Waals surface area (Å²) in [6.07, 6.45) is 6.03. The van der Waals surface area contributed by atoms with Crippen molar-refractivity contribution in [3.63, 3.8) is 0 Å². The minimum Gasteiger partial charge on any atom is -0.330 e. The third kappa shape index (κ3) is 6.12. The number of hydrogen-bond donors (Lipinski definition) is 1. The van der Waals surface area contributed by atoms with E-state index in [2.05, 4.69) is 4.90 Å². The first-order valence-corrected chi connectivity index (χ1v) is 6.86. The van der Waals surface area contributed by atoms with Crippen LogP contribution in [0, 0.1) is 5.82 Å². The largest absolute Gasteiger partial charge is 0.330 e. The molecule has 1 aromatic rings. The number of nitrogens with zero attached hydrogens (tertiary/aromatic N) is 1. The molecule has 0 saturated carbocycles. The lowest BCUT2D eigenvalue weighted by atomic mass is 10.1. The van der Waals surface area contributed by atoms with Crippen molar-refractivity contribution in [2.45, 2.75) is 38.6 Å². The molecule has 0 unspecified atom stereocenters. The molecule has 1 rings (SSSR count). The van der Waals surface area contributed by atoms with Crippen molar-refractivity contribution < 1.29 is 4.39 Å². The van der Waals surface area contributed by atoms with Gasteiger partial charge in [0.1, 0.15) is 5.82 Å². The van der Waals surface area contributed by atoms with Crippen LogP contribution >= 0.6 is 0 Å². The normalized spacial score (nSPS) is 11.1. The van der Waals surface area contributed by atoms with Gasteiger partial charge in [-0.1, -0.05) is 37.5 Å². The van der Waals surface area contributed by atoms with Gasteiger partial charge in [0.15, 0.2) is 0 Å². The summed E-state index contributed by atoms with van der Waals surface area (Å²) in [7, 11) is 2.05. The van der Waals surface area contributed by atoms with Crippen LogP contribution in [0.15, 0.2) is 24.3 Å². The molecule has 1 aromatic carbocycles. The number of halogens is 1. The van der Waals surface area contributed by atoms with Gasteiger partial charge in [0.25, 0.3) is 0 Å². The lowest BCUT2D eigenvalue weighted by Gasteiger charge is -2.16. The van der Waals surface area contributed by atoms with Crippen LogP contribution in [0.3, 0.4) is 0 Å². The number of rotatable bonds is 9. The molecular weight excluding hydrogens is 227 g/mol. The van der Waals surface area contributed by atoms with Gasteiger partial charge in [-0.2, -0.15) is 0 Å². The minimum absolute atomic E-state index is 0.104. The van der Waals surface area contributed by atoms with E-state index in [0.29, 0.717) is 6.54 Å². The molecule has 2 N–H and O–H groups in total. The fourth-order valence-electron chi connectivity index (χ4n) is 2.05. The lowest BCUT2D eigenvalue weighted by Crippen LogP contribution is -2.19. The molecule has 0 radical (unpaired) electrons.